The number of aliphatic hydroxyl groups is 5. The van der Waals surface area contributed by atoms with E-state index in [0.29, 0.717) is 0 Å². The highest BCUT2D eigenvalue weighted by Crippen LogP contribution is 2.28. The minimum Gasteiger partial charge on any atom is -0.394 e. The molecule has 0 spiro atoms. The van der Waals surface area contributed by atoms with Crippen molar-refractivity contribution in [3.63, 3.8) is 0 Å². The van der Waals surface area contributed by atoms with Gasteiger partial charge in [-0.15, -0.1) is 0 Å². The molecular formula is C15H24O9. The van der Waals surface area contributed by atoms with E-state index in [0.717, 1.165) is 0 Å². The van der Waals surface area contributed by atoms with Gasteiger partial charge in [0.05, 0.1) is 19.3 Å². The second-order valence-corrected chi connectivity index (χ2v) is 6.04. The lowest BCUT2D eigenvalue weighted by atomic mass is 9.85. The average Bonchev–Trinajstić information content (AvgIpc) is 2.57. The number of ketones is 1. The standard InChI is InChI=1S/C15H24O9/c1-22-10-6-8(17)2-3-15(10,21)4-5-23-14-13(20)12(19)11(18)9(7-16)24-14/h2-3,9-14,16,18-21H,4-7H2,1H3/t9-,10+,11-,12+,13-,14-,15+/m1/s1. The zero-order valence-electron chi connectivity index (χ0n) is 13.3. The lowest BCUT2D eigenvalue weighted by molar-refractivity contribution is -0.302. The van der Waals surface area contributed by atoms with E-state index in [4.69, 9.17) is 19.3 Å². The average molecular weight is 348 g/mol. The van der Waals surface area contributed by atoms with Gasteiger partial charge in [0.1, 0.15) is 30.0 Å². The summed E-state index contributed by atoms with van der Waals surface area (Å²) in [6, 6.07) is 0. The first-order chi connectivity index (χ1) is 11.3. The second kappa shape index (κ2) is 7.98. The van der Waals surface area contributed by atoms with Gasteiger partial charge in [-0.05, 0) is 12.2 Å². The molecule has 1 fully saturated rings. The summed E-state index contributed by atoms with van der Waals surface area (Å²) in [4.78, 5) is 11.4. The Labute approximate surface area is 139 Å². The summed E-state index contributed by atoms with van der Waals surface area (Å²) in [6.07, 6.45) is -4.79. The van der Waals surface area contributed by atoms with Crippen LogP contribution in [-0.2, 0) is 19.0 Å². The smallest absolute Gasteiger partial charge is 0.186 e. The number of hydrogen-bond donors (Lipinski definition) is 5. The maximum absolute atomic E-state index is 11.4. The Balaban J connectivity index is 1.93. The van der Waals surface area contributed by atoms with E-state index in [9.17, 15) is 25.2 Å². The predicted octanol–water partition coefficient (Wildman–Crippen LogP) is -2.53. The molecule has 0 bridgehead atoms. The molecule has 7 atom stereocenters. The van der Waals surface area contributed by atoms with Gasteiger partial charge in [-0.3, -0.25) is 4.79 Å². The second-order valence-electron chi connectivity index (χ2n) is 6.04. The van der Waals surface area contributed by atoms with E-state index in [1.807, 2.05) is 0 Å². The number of carbonyl (C=O) groups excluding carboxylic acids is 1. The normalized spacial score (nSPS) is 43.2. The van der Waals surface area contributed by atoms with Gasteiger partial charge in [-0.1, -0.05) is 0 Å². The lowest BCUT2D eigenvalue weighted by Crippen LogP contribution is -2.59. The molecule has 2 rings (SSSR count). The van der Waals surface area contributed by atoms with Crippen LogP contribution in [0.2, 0.25) is 0 Å². The molecular weight excluding hydrogens is 324 g/mol. The van der Waals surface area contributed by atoms with E-state index in [2.05, 4.69) is 0 Å². The molecule has 0 unspecified atom stereocenters. The van der Waals surface area contributed by atoms with Gasteiger partial charge in [0, 0.05) is 20.0 Å². The van der Waals surface area contributed by atoms with Crippen LogP contribution in [0, 0.1) is 0 Å². The first-order valence-electron chi connectivity index (χ1n) is 7.71. The van der Waals surface area contributed by atoms with Crippen LogP contribution in [-0.4, -0.2) is 94.1 Å². The summed E-state index contributed by atoms with van der Waals surface area (Å²) in [7, 11) is 1.39. The zero-order chi connectivity index (χ0) is 17.9. The van der Waals surface area contributed by atoms with Crippen LogP contribution in [0.5, 0.6) is 0 Å². The highest BCUT2D eigenvalue weighted by molar-refractivity contribution is 5.91. The van der Waals surface area contributed by atoms with E-state index < -0.39 is 49.0 Å². The number of aliphatic hydroxyl groups excluding tert-OH is 4. The van der Waals surface area contributed by atoms with Crippen LogP contribution >= 0.6 is 0 Å². The van der Waals surface area contributed by atoms with E-state index in [1.165, 1.54) is 19.3 Å². The van der Waals surface area contributed by atoms with Gasteiger partial charge in [-0.2, -0.15) is 0 Å². The van der Waals surface area contributed by atoms with Crippen molar-refractivity contribution in [3.8, 4) is 0 Å². The largest absolute Gasteiger partial charge is 0.394 e. The van der Waals surface area contributed by atoms with Crippen LogP contribution in [0.4, 0.5) is 0 Å². The van der Waals surface area contributed by atoms with Gasteiger partial charge >= 0.3 is 0 Å². The Hall–Kier alpha value is -0.910. The number of allylic oxidation sites excluding steroid dienone is 1. The minimum absolute atomic E-state index is 0.0452. The Morgan fingerprint density at radius 1 is 1.29 bits per heavy atom. The summed E-state index contributed by atoms with van der Waals surface area (Å²) in [5.41, 5.74) is -1.41. The first kappa shape index (κ1) is 19.4. The van der Waals surface area contributed by atoms with Crippen LogP contribution < -0.4 is 0 Å². The Kier molecular flexibility index (Phi) is 6.46. The Bertz CT molecular complexity index is 466. The van der Waals surface area contributed by atoms with E-state index in [-0.39, 0.29) is 25.2 Å². The maximum Gasteiger partial charge on any atom is 0.186 e. The monoisotopic (exact) mass is 348 g/mol. The number of hydrogen-bond acceptors (Lipinski definition) is 9. The molecule has 2 aliphatic rings. The van der Waals surface area contributed by atoms with Crippen molar-refractivity contribution in [1.82, 2.24) is 0 Å². The maximum atomic E-state index is 11.4. The van der Waals surface area contributed by atoms with Crippen molar-refractivity contribution < 1.29 is 44.5 Å². The fourth-order valence-electron chi connectivity index (χ4n) is 2.85. The summed E-state index contributed by atoms with van der Waals surface area (Å²) < 4.78 is 15.7. The van der Waals surface area contributed by atoms with Gasteiger partial charge < -0.3 is 39.7 Å². The molecule has 1 aliphatic heterocycles. The van der Waals surface area contributed by atoms with Gasteiger partial charge in [0.15, 0.2) is 12.1 Å². The highest BCUT2D eigenvalue weighted by atomic mass is 16.7. The summed E-state index contributed by atoms with van der Waals surface area (Å²) in [5.74, 6) is -0.152. The van der Waals surface area contributed by atoms with Crippen LogP contribution in [0.25, 0.3) is 0 Å². The quantitative estimate of drug-likeness (QED) is 0.350. The molecule has 0 aromatic carbocycles. The van der Waals surface area contributed by atoms with Crippen molar-refractivity contribution in [3.05, 3.63) is 12.2 Å². The SMILES string of the molecule is CO[C@H]1CC(=O)C=C[C@]1(O)CCO[C@@H]1O[C@H](CO)[C@@H](O)[C@H](O)[C@H]1O. The van der Waals surface area contributed by atoms with Crippen LogP contribution in [0.3, 0.4) is 0 Å². The molecule has 5 N–H and O–H groups in total. The summed E-state index contributed by atoms with van der Waals surface area (Å²) in [5, 5.41) is 48.9. The number of rotatable bonds is 6. The third-order valence-electron chi connectivity index (χ3n) is 4.42. The Morgan fingerprint density at radius 3 is 2.62 bits per heavy atom. The van der Waals surface area contributed by atoms with E-state index >= 15 is 0 Å². The highest BCUT2D eigenvalue weighted by Gasteiger charge is 2.44. The Morgan fingerprint density at radius 2 is 2.00 bits per heavy atom. The van der Waals surface area contributed by atoms with Gasteiger partial charge in [0.2, 0.25) is 0 Å². The number of methoxy groups -OCH3 is 1. The van der Waals surface area contributed by atoms with E-state index in [1.54, 1.807) is 0 Å². The third-order valence-corrected chi connectivity index (χ3v) is 4.42. The van der Waals surface area contributed by atoms with Crippen LogP contribution in [0.1, 0.15) is 12.8 Å². The van der Waals surface area contributed by atoms with Crippen molar-refractivity contribution >= 4 is 5.78 Å². The zero-order valence-corrected chi connectivity index (χ0v) is 13.3. The molecule has 24 heavy (non-hydrogen) atoms. The van der Waals surface area contributed by atoms with Crippen molar-refractivity contribution in [1.29, 1.82) is 0 Å². The molecule has 0 aromatic rings. The first-order valence-corrected chi connectivity index (χ1v) is 7.71. The molecule has 1 saturated heterocycles. The van der Waals surface area contributed by atoms with Crippen molar-refractivity contribution in [2.24, 2.45) is 0 Å². The molecule has 0 saturated carbocycles. The summed E-state index contributed by atoms with van der Waals surface area (Å²) in [6.45, 7) is -0.622. The molecule has 138 valence electrons. The third kappa shape index (κ3) is 4.01. The van der Waals surface area contributed by atoms with Crippen molar-refractivity contribution in [2.75, 3.05) is 20.3 Å². The molecule has 1 aliphatic carbocycles. The van der Waals surface area contributed by atoms with Gasteiger partial charge in [0.25, 0.3) is 0 Å². The number of ether oxygens (including phenoxy) is 3. The fraction of sp³-hybridized carbons (Fsp3) is 0.800. The molecule has 9 heteroatoms. The molecule has 9 nitrogen and oxygen atoms in total. The molecule has 0 amide bonds. The lowest BCUT2D eigenvalue weighted by Gasteiger charge is -2.40. The fourth-order valence-corrected chi connectivity index (χ4v) is 2.85. The van der Waals surface area contributed by atoms with Crippen LogP contribution in [0.15, 0.2) is 12.2 Å². The molecule has 0 aromatic heterocycles. The molecule has 1 heterocycles. The van der Waals surface area contributed by atoms with Crippen molar-refractivity contribution in [2.45, 2.75) is 55.3 Å². The topological polar surface area (TPSA) is 146 Å². The van der Waals surface area contributed by atoms with Gasteiger partial charge in [-0.25, -0.2) is 0 Å². The predicted molar refractivity (Wildman–Crippen MR) is 78.8 cm³/mol. The summed E-state index contributed by atoms with van der Waals surface area (Å²) >= 11 is 0. The minimum atomic E-state index is -1.53. The molecule has 0 radical (unpaired) electrons. The number of carbonyl (C=O) groups is 1.